The lowest BCUT2D eigenvalue weighted by Gasteiger charge is -2.09. The first-order valence-corrected chi connectivity index (χ1v) is 8.39. The van der Waals surface area contributed by atoms with Crippen molar-refractivity contribution in [3.63, 3.8) is 0 Å². The number of aromatic nitrogens is 1. The van der Waals surface area contributed by atoms with Gasteiger partial charge in [0.2, 0.25) is 5.91 Å². The van der Waals surface area contributed by atoms with Gasteiger partial charge in [-0.05, 0) is 24.6 Å². The van der Waals surface area contributed by atoms with Crippen molar-refractivity contribution in [3.8, 4) is 22.8 Å². The number of aliphatic hydroxyl groups excluding tert-OH is 1. The van der Waals surface area contributed by atoms with Gasteiger partial charge in [0, 0.05) is 17.5 Å². The number of amides is 1. The van der Waals surface area contributed by atoms with E-state index in [-0.39, 0.29) is 11.9 Å². The highest BCUT2D eigenvalue weighted by molar-refractivity contribution is 7.14. The molecule has 128 valence electrons. The van der Waals surface area contributed by atoms with Gasteiger partial charge in [0.1, 0.15) is 0 Å². The monoisotopic (exact) mass is 349 g/mol. The van der Waals surface area contributed by atoms with Gasteiger partial charge >= 0.3 is 0 Å². The maximum atomic E-state index is 12.1. The topological polar surface area (TPSA) is 92.7 Å². The van der Waals surface area contributed by atoms with Crippen LogP contribution in [-0.2, 0) is 4.79 Å². The molecule has 0 bridgehead atoms. The number of hydrogen-bond donors (Lipinski definition) is 3. The molecule has 1 aromatic carbocycles. The van der Waals surface area contributed by atoms with Crippen LogP contribution in [0.3, 0.4) is 0 Å². The summed E-state index contributed by atoms with van der Waals surface area (Å²) >= 11 is 1.35. The van der Waals surface area contributed by atoms with E-state index in [9.17, 15) is 9.90 Å². The largest absolute Gasteiger partial charge is 0.493 e. The van der Waals surface area contributed by atoms with Crippen LogP contribution < -0.4 is 20.1 Å². The average Bonchev–Trinajstić information content (AvgIpc) is 3.23. The Bertz CT molecular complexity index is 734. The molecule has 1 fully saturated rings. The molecule has 0 radical (unpaired) electrons. The number of carbonyl (C=O) groups excluding carboxylic acids is 1. The van der Waals surface area contributed by atoms with Crippen LogP contribution in [0.25, 0.3) is 11.3 Å². The van der Waals surface area contributed by atoms with Crippen LogP contribution in [0, 0.1) is 0 Å². The van der Waals surface area contributed by atoms with Gasteiger partial charge in [-0.1, -0.05) is 0 Å². The van der Waals surface area contributed by atoms with Crippen LogP contribution in [-0.4, -0.2) is 48.9 Å². The number of rotatable bonds is 5. The molecular formula is C16H19N3O4S. The number of anilines is 1. The van der Waals surface area contributed by atoms with Crippen LogP contribution in [0.15, 0.2) is 23.6 Å². The Hall–Kier alpha value is -2.16. The van der Waals surface area contributed by atoms with Crippen molar-refractivity contribution < 1.29 is 19.4 Å². The molecule has 8 heteroatoms. The lowest BCUT2D eigenvalue weighted by molar-refractivity contribution is -0.117. The van der Waals surface area contributed by atoms with Gasteiger partial charge in [-0.25, -0.2) is 4.98 Å². The quantitative estimate of drug-likeness (QED) is 0.757. The predicted octanol–water partition coefficient (Wildman–Crippen LogP) is 1.49. The van der Waals surface area contributed by atoms with Crippen LogP contribution >= 0.6 is 11.3 Å². The summed E-state index contributed by atoms with van der Waals surface area (Å²) in [7, 11) is 3.17. The first-order valence-electron chi connectivity index (χ1n) is 7.51. The number of nitrogens with zero attached hydrogens (tertiary/aromatic N) is 1. The zero-order chi connectivity index (χ0) is 17.1. The fourth-order valence-corrected chi connectivity index (χ4v) is 3.29. The number of nitrogens with one attached hydrogen (secondary N) is 2. The maximum absolute atomic E-state index is 12.1. The smallest absolute Gasteiger partial charge is 0.243 e. The molecule has 3 rings (SSSR count). The Balaban J connectivity index is 1.72. The molecule has 7 nitrogen and oxygen atoms in total. The van der Waals surface area contributed by atoms with E-state index in [2.05, 4.69) is 15.6 Å². The second kappa shape index (κ2) is 7.16. The first-order chi connectivity index (χ1) is 11.6. The molecule has 0 spiro atoms. The highest BCUT2D eigenvalue weighted by atomic mass is 32.1. The van der Waals surface area contributed by atoms with Crippen LogP contribution in [0.5, 0.6) is 11.5 Å². The van der Waals surface area contributed by atoms with Gasteiger partial charge in [0.05, 0.1) is 32.1 Å². The van der Waals surface area contributed by atoms with Crippen molar-refractivity contribution >= 4 is 22.4 Å². The van der Waals surface area contributed by atoms with Gasteiger partial charge in [-0.15, -0.1) is 11.3 Å². The van der Waals surface area contributed by atoms with Crippen molar-refractivity contribution in [1.29, 1.82) is 0 Å². The summed E-state index contributed by atoms with van der Waals surface area (Å²) in [5.41, 5.74) is 1.62. The lowest BCUT2D eigenvalue weighted by atomic mass is 10.1. The molecule has 1 aliphatic rings. The molecule has 2 atom stereocenters. The van der Waals surface area contributed by atoms with E-state index in [0.717, 1.165) is 11.3 Å². The van der Waals surface area contributed by atoms with Gasteiger partial charge in [-0.3, -0.25) is 4.79 Å². The molecule has 1 aliphatic heterocycles. The normalized spacial score (nSPS) is 20.0. The van der Waals surface area contributed by atoms with Crippen molar-refractivity contribution in [1.82, 2.24) is 10.3 Å². The fourth-order valence-electron chi connectivity index (χ4n) is 2.57. The third-order valence-electron chi connectivity index (χ3n) is 3.84. The number of ether oxygens (including phenoxy) is 2. The standard InChI is InChI=1S/C16H19N3O4S/c1-22-13-4-3-9(5-14(13)23-2)12-8-24-16(18-12)19-15(21)11-6-10(20)7-17-11/h3-5,8,10-11,17,20H,6-7H2,1-2H3,(H,18,19,21)/t10-,11+/m0/s1. The number of aliphatic hydroxyl groups is 1. The van der Waals surface area contributed by atoms with E-state index >= 15 is 0 Å². The molecule has 2 heterocycles. The van der Waals surface area contributed by atoms with Crippen LogP contribution in [0.2, 0.25) is 0 Å². The molecule has 1 aromatic heterocycles. The average molecular weight is 349 g/mol. The number of carbonyl (C=O) groups is 1. The van der Waals surface area contributed by atoms with E-state index in [0.29, 0.717) is 29.6 Å². The van der Waals surface area contributed by atoms with Gasteiger partial charge in [0.25, 0.3) is 0 Å². The number of thiazole rings is 1. The second-order valence-corrected chi connectivity index (χ2v) is 6.31. The van der Waals surface area contributed by atoms with Crippen LogP contribution in [0.4, 0.5) is 5.13 Å². The van der Waals surface area contributed by atoms with Crippen molar-refractivity contribution in [3.05, 3.63) is 23.6 Å². The summed E-state index contributed by atoms with van der Waals surface area (Å²) in [4.78, 5) is 16.6. The molecule has 2 aromatic rings. The predicted molar refractivity (Wildman–Crippen MR) is 91.7 cm³/mol. The molecule has 0 saturated carbocycles. The molecule has 1 amide bonds. The minimum absolute atomic E-state index is 0.181. The summed E-state index contributed by atoms with van der Waals surface area (Å²) in [6, 6.07) is 5.16. The highest BCUT2D eigenvalue weighted by Gasteiger charge is 2.28. The minimum Gasteiger partial charge on any atom is -0.493 e. The van der Waals surface area contributed by atoms with E-state index in [1.54, 1.807) is 14.2 Å². The Kier molecular flexibility index (Phi) is 4.98. The Morgan fingerprint density at radius 2 is 2.17 bits per heavy atom. The molecule has 1 saturated heterocycles. The van der Waals surface area contributed by atoms with E-state index in [4.69, 9.17) is 9.47 Å². The number of benzene rings is 1. The SMILES string of the molecule is COc1ccc(-c2csc(NC(=O)[C@H]3C[C@H](O)CN3)n2)cc1OC. The summed E-state index contributed by atoms with van der Waals surface area (Å²) in [5.74, 6) is 1.09. The van der Waals surface area contributed by atoms with Crippen molar-refractivity contribution in [2.75, 3.05) is 26.1 Å². The molecular weight excluding hydrogens is 330 g/mol. The zero-order valence-electron chi connectivity index (χ0n) is 13.4. The van der Waals surface area contributed by atoms with Gasteiger partial charge < -0.3 is 25.2 Å². The Morgan fingerprint density at radius 3 is 2.83 bits per heavy atom. The van der Waals surface area contributed by atoms with E-state index in [1.165, 1.54) is 11.3 Å². The first kappa shape index (κ1) is 16.7. The molecule has 0 unspecified atom stereocenters. The van der Waals surface area contributed by atoms with Crippen LogP contribution in [0.1, 0.15) is 6.42 Å². The zero-order valence-corrected chi connectivity index (χ0v) is 14.2. The summed E-state index contributed by atoms with van der Waals surface area (Å²) in [5, 5.41) is 17.6. The lowest BCUT2D eigenvalue weighted by Crippen LogP contribution is -2.35. The highest BCUT2D eigenvalue weighted by Crippen LogP contribution is 2.33. The molecule has 24 heavy (non-hydrogen) atoms. The molecule has 3 N–H and O–H groups in total. The summed E-state index contributed by atoms with van der Waals surface area (Å²) in [6.07, 6.45) is -0.0564. The molecule has 0 aliphatic carbocycles. The Morgan fingerprint density at radius 1 is 1.38 bits per heavy atom. The van der Waals surface area contributed by atoms with E-state index < -0.39 is 6.10 Å². The second-order valence-electron chi connectivity index (χ2n) is 5.45. The summed E-state index contributed by atoms with van der Waals surface area (Å²) < 4.78 is 10.5. The van der Waals surface area contributed by atoms with E-state index in [1.807, 2.05) is 23.6 Å². The third kappa shape index (κ3) is 3.50. The Labute approximate surface area is 143 Å². The van der Waals surface area contributed by atoms with Crippen molar-refractivity contribution in [2.45, 2.75) is 18.6 Å². The minimum atomic E-state index is -0.473. The number of hydrogen-bond acceptors (Lipinski definition) is 7. The van der Waals surface area contributed by atoms with Gasteiger partial charge in [-0.2, -0.15) is 0 Å². The summed E-state index contributed by atoms with van der Waals surface area (Å²) in [6.45, 7) is 0.437. The van der Waals surface area contributed by atoms with Crippen molar-refractivity contribution in [2.24, 2.45) is 0 Å². The maximum Gasteiger partial charge on any atom is 0.243 e. The fraction of sp³-hybridized carbons (Fsp3) is 0.375. The number of β-amino-alcohol motifs (C(OH)–C–C–N with tert-alkyl or cyclic N) is 1. The third-order valence-corrected chi connectivity index (χ3v) is 4.60. The van der Waals surface area contributed by atoms with Gasteiger partial charge in [0.15, 0.2) is 16.6 Å². The number of methoxy groups -OCH3 is 2.